The highest BCUT2D eigenvalue weighted by atomic mass is 16.3. The molecule has 0 bridgehead atoms. The van der Waals surface area contributed by atoms with Gasteiger partial charge >= 0.3 is 0 Å². The second-order valence-corrected chi connectivity index (χ2v) is 6.53. The predicted octanol–water partition coefficient (Wildman–Crippen LogP) is 3.26. The van der Waals surface area contributed by atoms with Crippen LogP contribution >= 0.6 is 0 Å². The summed E-state index contributed by atoms with van der Waals surface area (Å²) in [6.45, 7) is 1.34. The molecule has 3 heterocycles. The van der Waals surface area contributed by atoms with Crippen LogP contribution in [0.5, 0.6) is 0 Å². The predicted molar refractivity (Wildman–Crippen MR) is 89.3 cm³/mol. The summed E-state index contributed by atoms with van der Waals surface area (Å²) in [5, 5.41) is 10.6. The molecule has 0 aromatic carbocycles. The van der Waals surface area contributed by atoms with E-state index in [0.717, 1.165) is 24.1 Å². The minimum Gasteiger partial charge on any atom is -0.505 e. The van der Waals surface area contributed by atoms with Crippen LogP contribution in [0.15, 0.2) is 42.2 Å². The summed E-state index contributed by atoms with van der Waals surface area (Å²) in [6.07, 6.45) is 6.68. The minimum absolute atomic E-state index is 0.0553. The number of pyridine rings is 1. The Hall–Kier alpha value is -2.69. The quantitative estimate of drug-likeness (QED) is 0.861. The number of ketones is 2. The molecular formula is C19H18N2O3. The van der Waals surface area contributed by atoms with Gasteiger partial charge in [0.05, 0.1) is 11.4 Å². The highest BCUT2D eigenvalue weighted by Gasteiger charge is 2.50. The van der Waals surface area contributed by atoms with Crippen molar-refractivity contribution in [2.24, 2.45) is 0 Å². The number of hydrogen-bond donors (Lipinski definition) is 1. The van der Waals surface area contributed by atoms with E-state index in [1.54, 1.807) is 18.5 Å². The zero-order chi connectivity index (χ0) is 16.9. The van der Waals surface area contributed by atoms with Gasteiger partial charge in [-0.15, -0.1) is 0 Å². The molecule has 1 aliphatic carbocycles. The fraction of sp³-hybridized carbons (Fsp3) is 0.316. The van der Waals surface area contributed by atoms with Crippen LogP contribution in [0, 0.1) is 0 Å². The Kier molecular flexibility index (Phi) is 3.20. The highest BCUT2D eigenvalue weighted by molar-refractivity contribution is 6.27. The van der Waals surface area contributed by atoms with Gasteiger partial charge in [0.1, 0.15) is 11.1 Å². The Labute approximate surface area is 139 Å². The number of nitrogens with zero attached hydrogens (tertiary/aromatic N) is 2. The van der Waals surface area contributed by atoms with Crippen molar-refractivity contribution in [1.82, 2.24) is 9.55 Å². The number of fused-ring (bicyclic) bond motifs is 2. The first kappa shape index (κ1) is 14.9. The molecule has 0 unspecified atom stereocenters. The molecule has 0 radical (unpaired) electrons. The van der Waals surface area contributed by atoms with Gasteiger partial charge in [-0.2, -0.15) is 0 Å². The van der Waals surface area contributed by atoms with Crippen molar-refractivity contribution >= 4 is 17.3 Å². The number of aromatic nitrogens is 2. The van der Waals surface area contributed by atoms with Crippen LogP contribution in [-0.2, 0) is 15.1 Å². The van der Waals surface area contributed by atoms with Crippen LogP contribution in [0.3, 0.4) is 0 Å². The maximum absolute atomic E-state index is 13.2. The third-order valence-corrected chi connectivity index (χ3v) is 5.18. The number of aliphatic hydroxyl groups excluding tert-OH is 1. The number of hydrogen-bond acceptors (Lipinski definition) is 4. The van der Waals surface area contributed by atoms with Crippen molar-refractivity contribution in [3.05, 3.63) is 47.9 Å². The molecular weight excluding hydrogens is 304 g/mol. The van der Waals surface area contributed by atoms with E-state index in [0.29, 0.717) is 18.5 Å². The molecule has 1 fully saturated rings. The molecule has 4 rings (SSSR count). The highest BCUT2D eigenvalue weighted by Crippen LogP contribution is 2.47. The number of allylic oxidation sites excluding steroid dienone is 1. The monoisotopic (exact) mass is 322 g/mol. The van der Waals surface area contributed by atoms with Gasteiger partial charge in [-0.1, -0.05) is 12.8 Å². The number of rotatable bonds is 2. The van der Waals surface area contributed by atoms with Crippen molar-refractivity contribution in [2.75, 3.05) is 0 Å². The molecule has 5 heteroatoms. The number of aliphatic hydroxyl groups is 1. The van der Waals surface area contributed by atoms with E-state index < -0.39 is 5.54 Å². The molecule has 122 valence electrons. The topological polar surface area (TPSA) is 72.2 Å². The first-order chi connectivity index (χ1) is 11.6. The third-order valence-electron chi connectivity index (χ3n) is 5.18. The fourth-order valence-electron chi connectivity index (χ4n) is 4.13. The van der Waals surface area contributed by atoms with E-state index in [9.17, 15) is 14.7 Å². The summed E-state index contributed by atoms with van der Waals surface area (Å²) >= 11 is 0. The molecule has 1 saturated carbocycles. The molecule has 2 aromatic heterocycles. The van der Waals surface area contributed by atoms with Crippen molar-refractivity contribution in [1.29, 1.82) is 0 Å². The zero-order valence-corrected chi connectivity index (χ0v) is 13.5. The molecule has 24 heavy (non-hydrogen) atoms. The van der Waals surface area contributed by atoms with Crippen LogP contribution in [0.25, 0.3) is 17.0 Å². The second-order valence-electron chi connectivity index (χ2n) is 6.53. The molecule has 0 amide bonds. The molecule has 2 aromatic rings. The minimum atomic E-state index is -0.767. The van der Waals surface area contributed by atoms with Crippen LogP contribution in [0.1, 0.15) is 38.3 Å². The SMILES string of the molecule is CC(=O)C1=C(O)c2ccc(-c3cccnc3)n2C2(CCCC2)C1=O. The largest absolute Gasteiger partial charge is 0.505 e. The van der Waals surface area contributed by atoms with Crippen molar-refractivity contribution < 1.29 is 14.7 Å². The lowest BCUT2D eigenvalue weighted by Crippen LogP contribution is -2.45. The maximum atomic E-state index is 13.2. The zero-order valence-electron chi connectivity index (χ0n) is 13.5. The summed E-state index contributed by atoms with van der Waals surface area (Å²) in [4.78, 5) is 29.3. The first-order valence-corrected chi connectivity index (χ1v) is 8.18. The number of Topliss-reactive ketones (excluding diaryl/α,β-unsaturated/α-hetero) is 2. The van der Waals surface area contributed by atoms with Gasteiger partial charge in [0.2, 0.25) is 0 Å². The van der Waals surface area contributed by atoms with Gasteiger partial charge in [0.25, 0.3) is 0 Å². The summed E-state index contributed by atoms with van der Waals surface area (Å²) in [6, 6.07) is 7.45. The summed E-state index contributed by atoms with van der Waals surface area (Å²) in [7, 11) is 0. The van der Waals surface area contributed by atoms with E-state index in [4.69, 9.17) is 0 Å². The lowest BCUT2D eigenvalue weighted by molar-refractivity contribution is -0.126. The standard InChI is InChI=1S/C19H18N2O3/c1-12(22)16-17(23)15-7-6-14(13-5-4-10-20-11-13)21(15)19(18(16)24)8-2-3-9-19/h4-7,10-11,23H,2-3,8-9H2,1H3. The Morgan fingerprint density at radius 2 is 1.92 bits per heavy atom. The molecule has 0 saturated heterocycles. The molecule has 2 aliphatic rings. The van der Waals surface area contributed by atoms with Crippen molar-refractivity contribution in [2.45, 2.75) is 38.1 Å². The van der Waals surface area contributed by atoms with Crippen LogP contribution in [-0.4, -0.2) is 26.2 Å². The van der Waals surface area contributed by atoms with Gasteiger partial charge < -0.3 is 9.67 Å². The van der Waals surface area contributed by atoms with E-state index in [-0.39, 0.29) is 22.9 Å². The van der Waals surface area contributed by atoms with E-state index >= 15 is 0 Å². The number of carbonyl (C=O) groups excluding carboxylic acids is 2. The molecule has 0 atom stereocenters. The number of carbonyl (C=O) groups is 2. The lowest BCUT2D eigenvalue weighted by Gasteiger charge is -2.37. The van der Waals surface area contributed by atoms with Gasteiger partial charge in [0, 0.05) is 18.0 Å². The molecule has 1 spiro atoms. The van der Waals surface area contributed by atoms with Crippen LogP contribution in [0.4, 0.5) is 0 Å². The van der Waals surface area contributed by atoms with Gasteiger partial charge in [0.15, 0.2) is 17.3 Å². The van der Waals surface area contributed by atoms with Crippen LogP contribution < -0.4 is 0 Å². The third kappa shape index (κ3) is 1.84. The average molecular weight is 322 g/mol. The van der Waals surface area contributed by atoms with Crippen LogP contribution in [0.2, 0.25) is 0 Å². The Balaban J connectivity index is 2.04. The first-order valence-electron chi connectivity index (χ1n) is 8.18. The molecule has 1 N–H and O–H groups in total. The summed E-state index contributed by atoms with van der Waals surface area (Å²) in [5.74, 6) is -0.835. The normalized spacial score (nSPS) is 19.0. The Bertz CT molecular complexity index is 871. The van der Waals surface area contributed by atoms with Crippen molar-refractivity contribution in [3.8, 4) is 11.3 Å². The van der Waals surface area contributed by atoms with Crippen molar-refractivity contribution in [3.63, 3.8) is 0 Å². The average Bonchev–Trinajstić information content (AvgIpc) is 3.22. The van der Waals surface area contributed by atoms with E-state index in [1.807, 2.05) is 22.8 Å². The maximum Gasteiger partial charge on any atom is 0.196 e. The van der Waals surface area contributed by atoms with Gasteiger partial charge in [-0.3, -0.25) is 14.6 Å². The summed E-state index contributed by atoms with van der Waals surface area (Å²) in [5.41, 5.74) is 1.46. The van der Waals surface area contributed by atoms with Gasteiger partial charge in [-0.05, 0) is 44.0 Å². The van der Waals surface area contributed by atoms with E-state index in [1.165, 1.54) is 6.92 Å². The molecule has 5 nitrogen and oxygen atoms in total. The summed E-state index contributed by atoms with van der Waals surface area (Å²) < 4.78 is 1.93. The Morgan fingerprint density at radius 1 is 1.21 bits per heavy atom. The lowest BCUT2D eigenvalue weighted by atomic mass is 9.81. The second kappa shape index (κ2) is 5.16. The Morgan fingerprint density at radius 3 is 2.54 bits per heavy atom. The molecule has 1 aliphatic heterocycles. The smallest absolute Gasteiger partial charge is 0.196 e. The van der Waals surface area contributed by atoms with E-state index in [2.05, 4.69) is 4.98 Å². The van der Waals surface area contributed by atoms with Gasteiger partial charge in [-0.25, -0.2) is 0 Å². The fourth-order valence-corrected chi connectivity index (χ4v) is 4.13.